The molecular weight excluding hydrogens is 214 g/mol. The fourth-order valence-corrected chi connectivity index (χ4v) is 2.55. The average molecular weight is 229 g/mol. The molecule has 2 aromatic rings. The van der Waals surface area contributed by atoms with Gasteiger partial charge in [-0.05, 0) is 31.9 Å². The highest BCUT2D eigenvalue weighted by atomic mass is 16.3. The lowest BCUT2D eigenvalue weighted by Gasteiger charge is -2.18. The van der Waals surface area contributed by atoms with E-state index in [0.29, 0.717) is 11.0 Å². The molecule has 0 N–H and O–H groups in total. The van der Waals surface area contributed by atoms with Crippen LogP contribution in [0.2, 0.25) is 0 Å². The maximum absolute atomic E-state index is 12.4. The fourth-order valence-electron chi connectivity index (χ4n) is 2.55. The van der Waals surface area contributed by atoms with E-state index >= 15 is 0 Å². The standard InChI is InChI=1S/C14H15NO2/c1-10-13(15-8-4-5-9-15)14(16)11-6-2-3-7-12(11)17-10/h2-3,6-7H,4-5,8-9H2,1H3. The molecule has 1 aromatic carbocycles. The van der Waals surface area contributed by atoms with Crippen LogP contribution < -0.4 is 10.3 Å². The van der Waals surface area contributed by atoms with Crippen molar-refractivity contribution in [2.45, 2.75) is 19.8 Å². The smallest absolute Gasteiger partial charge is 0.216 e. The molecule has 0 aliphatic carbocycles. The zero-order valence-corrected chi connectivity index (χ0v) is 9.90. The van der Waals surface area contributed by atoms with Crippen molar-refractivity contribution in [1.82, 2.24) is 0 Å². The van der Waals surface area contributed by atoms with Gasteiger partial charge >= 0.3 is 0 Å². The van der Waals surface area contributed by atoms with E-state index in [0.717, 1.165) is 37.4 Å². The van der Waals surface area contributed by atoms with Crippen molar-refractivity contribution in [3.8, 4) is 0 Å². The average Bonchev–Trinajstić information content (AvgIpc) is 2.83. The maximum Gasteiger partial charge on any atom is 0.216 e. The van der Waals surface area contributed by atoms with E-state index in [1.54, 1.807) is 0 Å². The molecule has 1 fully saturated rings. The summed E-state index contributed by atoms with van der Waals surface area (Å²) in [4.78, 5) is 14.6. The summed E-state index contributed by atoms with van der Waals surface area (Å²) >= 11 is 0. The van der Waals surface area contributed by atoms with Crippen LogP contribution in [0.3, 0.4) is 0 Å². The molecule has 88 valence electrons. The first-order chi connectivity index (χ1) is 8.27. The summed E-state index contributed by atoms with van der Waals surface area (Å²) in [6, 6.07) is 7.44. The van der Waals surface area contributed by atoms with E-state index in [2.05, 4.69) is 4.90 Å². The molecule has 17 heavy (non-hydrogen) atoms. The number of benzene rings is 1. The first-order valence-corrected chi connectivity index (χ1v) is 6.05. The number of para-hydroxylation sites is 1. The number of hydrogen-bond donors (Lipinski definition) is 0. The minimum atomic E-state index is 0.103. The highest BCUT2D eigenvalue weighted by molar-refractivity contribution is 5.80. The molecule has 0 saturated carbocycles. The topological polar surface area (TPSA) is 33.5 Å². The normalized spacial score (nSPS) is 15.7. The zero-order chi connectivity index (χ0) is 11.8. The van der Waals surface area contributed by atoms with Crippen molar-refractivity contribution in [3.05, 3.63) is 40.2 Å². The van der Waals surface area contributed by atoms with Gasteiger partial charge in [-0.2, -0.15) is 0 Å². The van der Waals surface area contributed by atoms with E-state index in [9.17, 15) is 4.79 Å². The highest BCUT2D eigenvalue weighted by Crippen LogP contribution is 2.24. The molecule has 3 nitrogen and oxygen atoms in total. The Morgan fingerprint density at radius 2 is 1.88 bits per heavy atom. The van der Waals surface area contributed by atoms with Gasteiger partial charge in [-0.3, -0.25) is 4.79 Å². The molecule has 1 aromatic heterocycles. The van der Waals surface area contributed by atoms with Crippen LogP contribution in [0.15, 0.2) is 33.5 Å². The number of hydrogen-bond acceptors (Lipinski definition) is 3. The number of aryl methyl sites for hydroxylation is 1. The number of fused-ring (bicyclic) bond motifs is 1. The SMILES string of the molecule is Cc1oc2ccccc2c(=O)c1N1CCCC1. The van der Waals surface area contributed by atoms with Crippen LogP contribution in [0, 0.1) is 6.92 Å². The number of rotatable bonds is 1. The Morgan fingerprint density at radius 1 is 1.18 bits per heavy atom. The largest absolute Gasteiger partial charge is 0.459 e. The molecule has 0 spiro atoms. The monoisotopic (exact) mass is 229 g/mol. The minimum Gasteiger partial charge on any atom is -0.459 e. The Labute approximate surface area is 99.7 Å². The Kier molecular flexibility index (Phi) is 2.39. The Balaban J connectivity index is 2.27. The van der Waals surface area contributed by atoms with E-state index in [1.807, 2.05) is 31.2 Å². The summed E-state index contributed by atoms with van der Waals surface area (Å²) in [5.41, 5.74) is 1.53. The van der Waals surface area contributed by atoms with Crippen molar-refractivity contribution in [2.75, 3.05) is 18.0 Å². The molecule has 2 heterocycles. The first kappa shape index (κ1) is 10.4. The van der Waals surface area contributed by atoms with Gasteiger partial charge in [0.1, 0.15) is 17.0 Å². The van der Waals surface area contributed by atoms with Crippen LogP contribution in [0.1, 0.15) is 18.6 Å². The Morgan fingerprint density at radius 3 is 2.65 bits per heavy atom. The van der Waals surface area contributed by atoms with E-state index in [4.69, 9.17) is 4.42 Å². The lowest BCUT2D eigenvalue weighted by atomic mass is 10.2. The first-order valence-electron chi connectivity index (χ1n) is 6.05. The zero-order valence-electron chi connectivity index (χ0n) is 9.90. The second-order valence-electron chi connectivity index (χ2n) is 4.53. The van der Waals surface area contributed by atoms with Gasteiger partial charge < -0.3 is 9.32 Å². The molecule has 3 rings (SSSR count). The summed E-state index contributed by atoms with van der Waals surface area (Å²) in [5, 5.41) is 0.681. The Bertz CT molecular complexity index is 609. The second-order valence-corrected chi connectivity index (χ2v) is 4.53. The number of anilines is 1. The molecule has 1 aliphatic rings. The van der Waals surface area contributed by atoms with Crippen molar-refractivity contribution < 1.29 is 4.42 Å². The van der Waals surface area contributed by atoms with Crippen LogP contribution >= 0.6 is 0 Å². The third kappa shape index (κ3) is 1.62. The molecular formula is C14H15NO2. The second kappa shape index (κ2) is 3.91. The lowest BCUT2D eigenvalue weighted by molar-refractivity contribution is 0.563. The van der Waals surface area contributed by atoms with E-state index in [1.165, 1.54) is 0 Å². The molecule has 1 aliphatic heterocycles. The van der Waals surface area contributed by atoms with Gasteiger partial charge in [0.2, 0.25) is 5.43 Å². The van der Waals surface area contributed by atoms with E-state index < -0.39 is 0 Å². The fraction of sp³-hybridized carbons (Fsp3) is 0.357. The lowest BCUT2D eigenvalue weighted by Crippen LogP contribution is -2.25. The molecule has 0 atom stereocenters. The highest BCUT2D eigenvalue weighted by Gasteiger charge is 2.20. The van der Waals surface area contributed by atoms with Crippen molar-refractivity contribution in [2.24, 2.45) is 0 Å². The molecule has 0 radical (unpaired) electrons. The van der Waals surface area contributed by atoms with Gasteiger partial charge in [0.05, 0.1) is 5.39 Å². The molecule has 3 heteroatoms. The summed E-state index contributed by atoms with van der Waals surface area (Å²) in [5.74, 6) is 0.732. The summed E-state index contributed by atoms with van der Waals surface area (Å²) in [6.07, 6.45) is 2.32. The summed E-state index contributed by atoms with van der Waals surface area (Å²) < 4.78 is 5.74. The minimum absolute atomic E-state index is 0.103. The van der Waals surface area contributed by atoms with Gasteiger partial charge in [0.25, 0.3) is 0 Å². The summed E-state index contributed by atoms with van der Waals surface area (Å²) in [6.45, 7) is 3.80. The van der Waals surface area contributed by atoms with Gasteiger partial charge in [0, 0.05) is 13.1 Å². The van der Waals surface area contributed by atoms with Crippen LogP contribution in [0.4, 0.5) is 5.69 Å². The van der Waals surface area contributed by atoms with E-state index in [-0.39, 0.29) is 5.43 Å². The van der Waals surface area contributed by atoms with Gasteiger partial charge in [-0.25, -0.2) is 0 Å². The van der Waals surface area contributed by atoms with Crippen LogP contribution in [-0.2, 0) is 0 Å². The quantitative estimate of drug-likeness (QED) is 0.753. The third-order valence-electron chi connectivity index (χ3n) is 3.37. The molecule has 0 amide bonds. The predicted molar refractivity (Wildman–Crippen MR) is 68.7 cm³/mol. The predicted octanol–water partition coefficient (Wildman–Crippen LogP) is 2.70. The maximum atomic E-state index is 12.4. The van der Waals surface area contributed by atoms with Gasteiger partial charge in [-0.1, -0.05) is 12.1 Å². The Hall–Kier alpha value is -1.77. The molecule has 0 bridgehead atoms. The van der Waals surface area contributed by atoms with Crippen LogP contribution in [0.25, 0.3) is 11.0 Å². The van der Waals surface area contributed by atoms with Crippen LogP contribution in [-0.4, -0.2) is 13.1 Å². The van der Waals surface area contributed by atoms with Crippen molar-refractivity contribution in [3.63, 3.8) is 0 Å². The number of nitrogens with zero attached hydrogens (tertiary/aromatic N) is 1. The van der Waals surface area contributed by atoms with Crippen LogP contribution in [0.5, 0.6) is 0 Å². The van der Waals surface area contributed by atoms with Crippen molar-refractivity contribution in [1.29, 1.82) is 0 Å². The van der Waals surface area contributed by atoms with Gasteiger partial charge in [0.15, 0.2) is 0 Å². The third-order valence-corrected chi connectivity index (χ3v) is 3.37. The molecule has 0 unspecified atom stereocenters. The summed E-state index contributed by atoms with van der Waals surface area (Å²) in [7, 11) is 0. The van der Waals surface area contributed by atoms with Crippen molar-refractivity contribution >= 4 is 16.7 Å². The van der Waals surface area contributed by atoms with Gasteiger partial charge in [-0.15, -0.1) is 0 Å². The molecule has 1 saturated heterocycles.